The number of primary amides is 1. The molecule has 7 nitrogen and oxygen atoms in total. The zero-order valence-corrected chi connectivity index (χ0v) is 13.7. The van der Waals surface area contributed by atoms with Gasteiger partial charge in [0.1, 0.15) is 18.4 Å². The van der Waals surface area contributed by atoms with Crippen LogP contribution in [0.15, 0.2) is 54.9 Å². The summed E-state index contributed by atoms with van der Waals surface area (Å²) in [5, 5.41) is 9.36. The van der Waals surface area contributed by atoms with E-state index in [-0.39, 0.29) is 13.2 Å². The number of esters is 1. The third kappa shape index (κ3) is 3.65. The molecule has 7 heteroatoms. The summed E-state index contributed by atoms with van der Waals surface area (Å²) in [6.07, 6.45) is 3.59. The number of carbonyl (C=O) groups is 2. The first-order valence-corrected chi connectivity index (χ1v) is 7.75. The molecule has 0 saturated heterocycles. The van der Waals surface area contributed by atoms with E-state index in [1.165, 1.54) is 12.1 Å². The number of hydrogen-bond acceptors (Lipinski definition) is 5. The quantitative estimate of drug-likeness (QED) is 0.685. The maximum absolute atomic E-state index is 12.2. The molecule has 26 heavy (non-hydrogen) atoms. The van der Waals surface area contributed by atoms with Gasteiger partial charge in [0.25, 0.3) is 5.91 Å². The first kappa shape index (κ1) is 17.0. The highest BCUT2D eigenvalue weighted by atomic mass is 16.5. The molecule has 130 valence electrons. The zero-order chi connectivity index (χ0) is 18.5. The Balaban J connectivity index is 1.67. The van der Waals surface area contributed by atoms with Gasteiger partial charge in [-0.25, -0.2) is 4.79 Å². The molecule has 0 radical (unpaired) electrons. The van der Waals surface area contributed by atoms with E-state index >= 15 is 0 Å². The summed E-state index contributed by atoms with van der Waals surface area (Å²) in [5.41, 5.74) is 7.21. The summed E-state index contributed by atoms with van der Waals surface area (Å²) in [5.74, 6) is -0.682. The average Bonchev–Trinajstić information content (AvgIpc) is 3.02. The normalized spacial score (nSPS) is 10.3. The van der Waals surface area contributed by atoms with Crippen LogP contribution in [-0.2, 0) is 16.1 Å². The molecule has 0 aliphatic carbocycles. The van der Waals surface area contributed by atoms with Crippen LogP contribution in [0.25, 0.3) is 5.52 Å². The Labute approximate surface area is 149 Å². The molecular weight excluding hydrogens is 334 g/mol. The molecule has 1 aromatic carbocycles. The lowest BCUT2D eigenvalue weighted by Gasteiger charge is -2.06. The molecule has 0 unspecified atom stereocenters. The Morgan fingerprint density at radius 1 is 1.15 bits per heavy atom. The molecule has 0 aliphatic heterocycles. The fraction of sp³-hybridized carbons (Fsp3) is 0.105. The Morgan fingerprint density at radius 3 is 2.62 bits per heavy atom. The number of ether oxygens (including phenoxy) is 2. The van der Waals surface area contributed by atoms with Crippen LogP contribution in [0, 0.1) is 11.3 Å². The van der Waals surface area contributed by atoms with Crippen LogP contribution in [0.4, 0.5) is 0 Å². The molecular formula is C19H15N3O4. The second-order valence-corrected chi connectivity index (χ2v) is 5.49. The number of nitrogens with two attached hydrogens (primary N) is 1. The van der Waals surface area contributed by atoms with Crippen molar-refractivity contribution in [1.29, 1.82) is 5.26 Å². The van der Waals surface area contributed by atoms with E-state index in [9.17, 15) is 14.9 Å². The number of nitrogens with zero attached hydrogens (tertiary/aromatic N) is 2. The number of pyridine rings is 1. The molecule has 0 bridgehead atoms. The van der Waals surface area contributed by atoms with Crippen LogP contribution in [-0.4, -0.2) is 22.9 Å². The smallest absolute Gasteiger partial charge is 0.338 e. The van der Waals surface area contributed by atoms with Gasteiger partial charge in [0.15, 0.2) is 6.61 Å². The fourth-order valence-corrected chi connectivity index (χ4v) is 2.48. The summed E-state index contributed by atoms with van der Waals surface area (Å²) in [6, 6.07) is 13.8. The fourth-order valence-electron chi connectivity index (χ4n) is 2.48. The first-order valence-electron chi connectivity index (χ1n) is 7.75. The summed E-state index contributed by atoms with van der Waals surface area (Å²) in [4.78, 5) is 22.9. The Morgan fingerprint density at radius 2 is 1.92 bits per heavy atom. The number of carbonyl (C=O) groups excluding carboxylic acids is 2. The van der Waals surface area contributed by atoms with Crippen LogP contribution in [0.5, 0.6) is 5.75 Å². The molecule has 0 fully saturated rings. The van der Waals surface area contributed by atoms with E-state index in [2.05, 4.69) is 6.07 Å². The summed E-state index contributed by atoms with van der Waals surface area (Å²) >= 11 is 0. The van der Waals surface area contributed by atoms with Crippen LogP contribution >= 0.6 is 0 Å². The maximum Gasteiger partial charge on any atom is 0.338 e. The van der Waals surface area contributed by atoms with Gasteiger partial charge in [-0.15, -0.1) is 0 Å². The minimum atomic E-state index is -0.582. The Bertz CT molecular complexity index is 1000. The molecule has 0 saturated carbocycles. The lowest BCUT2D eigenvalue weighted by molar-refractivity contribution is -0.119. The van der Waals surface area contributed by atoms with Crippen molar-refractivity contribution in [2.75, 3.05) is 6.61 Å². The topological polar surface area (TPSA) is 107 Å². The lowest BCUT2D eigenvalue weighted by atomic mass is 10.2. The SMILES string of the molecule is N#Cc1c(COC(=O)c2ccc(OCC(N)=O)cc2)cn2ccccc12. The van der Waals surface area contributed by atoms with Gasteiger partial charge in [-0.1, -0.05) is 6.07 Å². The molecule has 3 rings (SSSR count). The van der Waals surface area contributed by atoms with Crippen LogP contribution in [0.3, 0.4) is 0 Å². The van der Waals surface area contributed by atoms with Crippen molar-refractivity contribution in [2.24, 2.45) is 5.73 Å². The highest BCUT2D eigenvalue weighted by Crippen LogP contribution is 2.19. The number of benzene rings is 1. The van der Waals surface area contributed by atoms with Crippen molar-refractivity contribution < 1.29 is 19.1 Å². The predicted molar refractivity (Wildman–Crippen MR) is 92.4 cm³/mol. The highest BCUT2D eigenvalue weighted by Gasteiger charge is 2.13. The third-order valence-electron chi connectivity index (χ3n) is 3.70. The monoisotopic (exact) mass is 349 g/mol. The second kappa shape index (κ2) is 7.40. The number of fused-ring (bicyclic) bond motifs is 1. The van der Waals surface area contributed by atoms with Gasteiger partial charge < -0.3 is 19.6 Å². The highest BCUT2D eigenvalue weighted by molar-refractivity contribution is 5.89. The van der Waals surface area contributed by atoms with Crippen molar-refractivity contribution in [2.45, 2.75) is 6.61 Å². The van der Waals surface area contributed by atoms with Crippen molar-refractivity contribution in [3.8, 4) is 11.8 Å². The van der Waals surface area contributed by atoms with E-state index in [0.717, 1.165) is 5.52 Å². The summed E-state index contributed by atoms with van der Waals surface area (Å²) in [6.45, 7) is -0.244. The summed E-state index contributed by atoms with van der Waals surface area (Å²) < 4.78 is 12.2. The van der Waals surface area contributed by atoms with Crippen LogP contribution in [0.2, 0.25) is 0 Å². The van der Waals surface area contributed by atoms with E-state index in [0.29, 0.717) is 22.4 Å². The van der Waals surface area contributed by atoms with Gasteiger partial charge >= 0.3 is 5.97 Å². The van der Waals surface area contributed by atoms with Crippen LogP contribution in [0.1, 0.15) is 21.5 Å². The van der Waals surface area contributed by atoms with Crippen molar-refractivity contribution in [3.63, 3.8) is 0 Å². The summed E-state index contributed by atoms with van der Waals surface area (Å²) in [7, 11) is 0. The molecule has 3 aromatic rings. The van der Waals surface area contributed by atoms with Gasteiger partial charge in [0.2, 0.25) is 0 Å². The van der Waals surface area contributed by atoms with Gasteiger partial charge in [0.05, 0.1) is 16.6 Å². The third-order valence-corrected chi connectivity index (χ3v) is 3.70. The zero-order valence-electron chi connectivity index (χ0n) is 13.7. The van der Waals surface area contributed by atoms with Gasteiger partial charge in [0, 0.05) is 18.0 Å². The predicted octanol–water partition coefficient (Wildman–Crippen LogP) is 2.03. The maximum atomic E-state index is 12.2. The van der Waals surface area contributed by atoms with E-state index in [4.69, 9.17) is 15.2 Å². The van der Waals surface area contributed by atoms with Gasteiger partial charge in [-0.3, -0.25) is 4.79 Å². The number of hydrogen-bond donors (Lipinski definition) is 1. The molecule has 2 aromatic heterocycles. The Hall–Kier alpha value is -3.79. The van der Waals surface area contributed by atoms with Crippen LogP contribution < -0.4 is 10.5 Å². The lowest BCUT2D eigenvalue weighted by Crippen LogP contribution is -2.20. The molecule has 0 atom stereocenters. The van der Waals surface area contributed by atoms with E-state index in [1.54, 1.807) is 18.3 Å². The van der Waals surface area contributed by atoms with Crippen molar-refractivity contribution >= 4 is 17.4 Å². The standard InChI is InChI=1S/C19H15N3O4/c20-9-16-14(10-22-8-2-1-3-17(16)22)11-26-19(24)13-4-6-15(7-5-13)25-12-18(21)23/h1-8,10H,11-12H2,(H2,21,23). The van der Waals surface area contributed by atoms with E-state index < -0.39 is 11.9 Å². The molecule has 2 N–H and O–H groups in total. The molecule has 2 heterocycles. The number of amides is 1. The van der Waals surface area contributed by atoms with Crippen molar-refractivity contribution in [3.05, 3.63) is 71.5 Å². The molecule has 0 aliphatic rings. The Kier molecular flexibility index (Phi) is 4.85. The van der Waals surface area contributed by atoms with Gasteiger partial charge in [-0.05, 0) is 36.4 Å². The largest absolute Gasteiger partial charge is 0.484 e. The average molecular weight is 349 g/mol. The number of nitriles is 1. The number of aromatic nitrogens is 1. The molecule has 0 spiro atoms. The minimum Gasteiger partial charge on any atom is -0.484 e. The first-order chi connectivity index (χ1) is 12.6. The molecule has 1 amide bonds. The number of rotatable bonds is 6. The minimum absolute atomic E-state index is 0.0106. The second-order valence-electron chi connectivity index (χ2n) is 5.49. The van der Waals surface area contributed by atoms with Gasteiger partial charge in [-0.2, -0.15) is 5.26 Å². The van der Waals surface area contributed by atoms with Crippen molar-refractivity contribution in [1.82, 2.24) is 4.40 Å². The van der Waals surface area contributed by atoms with E-state index in [1.807, 2.05) is 28.8 Å².